The largest absolute Gasteiger partial charge is 0.375 e. The second-order valence-corrected chi connectivity index (χ2v) is 5.51. The highest BCUT2D eigenvalue weighted by atomic mass is 15.1. The fourth-order valence-electron chi connectivity index (χ4n) is 2.42. The molecule has 0 aliphatic carbocycles. The Balaban J connectivity index is 2.69. The molecule has 1 heteroatoms. The fourth-order valence-corrected chi connectivity index (χ4v) is 2.42. The van der Waals surface area contributed by atoms with E-state index in [1.807, 2.05) is 0 Å². The molecule has 0 unspecified atom stereocenters. The molecule has 0 saturated heterocycles. The van der Waals surface area contributed by atoms with Gasteiger partial charge in [-0.3, -0.25) is 0 Å². The first-order valence-electron chi connectivity index (χ1n) is 7.57. The van der Waals surface area contributed by atoms with Crippen LogP contribution in [0.2, 0.25) is 0 Å². The maximum atomic E-state index is 4.31. The summed E-state index contributed by atoms with van der Waals surface area (Å²) in [6.45, 7) is 15.4. The van der Waals surface area contributed by atoms with Crippen LogP contribution < -0.4 is 0 Å². The van der Waals surface area contributed by atoms with Gasteiger partial charge in [0.05, 0.1) is 0 Å². The predicted octanol–water partition coefficient (Wildman–Crippen LogP) is 4.87. The van der Waals surface area contributed by atoms with Gasteiger partial charge >= 0.3 is 0 Å². The Morgan fingerprint density at radius 1 is 1.11 bits per heavy atom. The molecule has 0 atom stereocenters. The molecular formula is C18H29N. The topological polar surface area (TPSA) is 3.24 Å². The van der Waals surface area contributed by atoms with E-state index in [0.29, 0.717) is 0 Å². The van der Waals surface area contributed by atoms with E-state index in [2.05, 4.69) is 57.4 Å². The molecule has 0 saturated carbocycles. The first-order chi connectivity index (χ1) is 9.08. The zero-order chi connectivity index (χ0) is 14.3. The molecule has 0 heterocycles. The Morgan fingerprint density at radius 3 is 2.42 bits per heavy atom. The molecular weight excluding hydrogens is 230 g/mol. The van der Waals surface area contributed by atoms with Crippen molar-refractivity contribution in [2.45, 2.75) is 53.4 Å². The summed E-state index contributed by atoms with van der Waals surface area (Å²) < 4.78 is 0. The summed E-state index contributed by atoms with van der Waals surface area (Å²) in [5.41, 5.74) is 5.40. The van der Waals surface area contributed by atoms with Crippen molar-refractivity contribution in [3.05, 3.63) is 47.2 Å². The summed E-state index contributed by atoms with van der Waals surface area (Å²) in [5, 5.41) is 0. The third kappa shape index (κ3) is 5.10. The van der Waals surface area contributed by atoms with E-state index in [0.717, 1.165) is 19.5 Å². The Bertz CT molecular complexity index is 406. The lowest BCUT2D eigenvalue weighted by Gasteiger charge is -2.27. The highest BCUT2D eigenvalue weighted by Gasteiger charge is 2.08. The van der Waals surface area contributed by atoms with Gasteiger partial charge in [-0.15, -0.1) is 0 Å². The lowest BCUT2D eigenvalue weighted by Crippen LogP contribution is -2.25. The highest BCUT2D eigenvalue weighted by Crippen LogP contribution is 2.17. The Labute approximate surface area is 119 Å². The third-order valence-electron chi connectivity index (χ3n) is 3.61. The molecule has 0 N–H and O–H groups in total. The van der Waals surface area contributed by atoms with Crippen LogP contribution in [0.15, 0.2) is 30.5 Å². The Morgan fingerprint density at radius 2 is 1.84 bits per heavy atom. The minimum atomic E-state index is 0.982. The SMILES string of the molecule is C=C(Cc1ccc(C)cc1C)N(CCC)CCCC. The summed E-state index contributed by atoms with van der Waals surface area (Å²) in [4.78, 5) is 2.46. The normalized spacial score (nSPS) is 10.5. The van der Waals surface area contributed by atoms with Gasteiger partial charge in [-0.05, 0) is 37.8 Å². The van der Waals surface area contributed by atoms with Crippen molar-refractivity contribution in [3.8, 4) is 0 Å². The second-order valence-electron chi connectivity index (χ2n) is 5.51. The number of unbranched alkanes of at least 4 members (excludes halogenated alkanes) is 1. The van der Waals surface area contributed by atoms with Gasteiger partial charge in [0.2, 0.25) is 0 Å². The van der Waals surface area contributed by atoms with Crippen molar-refractivity contribution >= 4 is 0 Å². The van der Waals surface area contributed by atoms with Crippen molar-refractivity contribution in [1.29, 1.82) is 0 Å². The lowest BCUT2D eigenvalue weighted by atomic mass is 10.0. The van der Waals surface area contributed by atoms with Gasteiger partial charge < -0.3 is 4.90 Å². The summed E-state index contributed by atoms with van der Waals surface area (Å²) in [6.07, 6.45) is 4.67. The maximum Gasteiger partial charge on any atom is 0.0174 e. The van der Waals surface area contributed by atoms with Crippen molar-refractivity contribution in [2.75, 3.05) is 13.1 Å². The zero-order valence-electron chi connectivity index (χ0n) is 13.1. The number of nitrogens with zero attached hydrogens (tertiary/aromatic N) is 1. The van der Waals surface area contributed by atoms with Crippen LogP contribution in [-0.4, -0.2) is 18.0 Å². The molecule has 1 aromatic carbocycles. The van der Waals surface area contributed by atoms with Gasteiger partial charge in [0.1, 0.15) is 0 Å². The number of allylic oxidation sites excluding steroid dienone is 1. The number of benzene rings is 1. The van der Waals surface area contributed by atoms with E-state index in [-0.39, 0.29) is 0 Å². The van der Waals surface area contributed by atoms with Crippen molar-refractivity contribution < 1.29 is 0 Å². The molecule has 0 aliphatic rings. The van der Waals surface area contributed by atoms with Crippen LogP contribution in [0.1, 0.15) is 49.8 Å². The third-order valence-corrected chi connectivity index (χ3v) is 3.61. The van der Waals surface area contributed by atoms with E-state index in [1.54, 1.807) is 0 Å². The molecule has 0 aliphatic heterocycles. The molecule has 1 aromatic rings. The van der Waals surface area contributed by atoms with Gasteiger partial charge in [-0.1, -0.05) is 50.6 Å². The van der Waals surface area contributed by atoms with Crippen LogP contribution in [0.4, 0.5) is 0 Å². The number of hydrogen-bond acceptors (Lipinski definition) is 1. The fraction of sp³-hybridized carbons (Fsp3) is 0.556. The molecule has 0 bridgehead atoms. The van der Waals surface area contributed by atoms with E-state index < -0.39 is 0 Å². The van der Waals surface area contributed by atoms with Gasteiger partial charge in [0, 0.05) is 25.2 Å². The van der Waals surface area contributed by atoms with Gasteiger partial charge in [0.25, 0.3) is 0 Å². The molecule has 0 spiro atoms. The number of aryl methyl sites for hydroxylation is 2. The number of rotatable bonds is 8. The lowest BCUT2D eigenvalue weighted by molar-refractivity contribution is 0.332. The highest BCUT2D eigenvalue weighted by molar-refractivity contribution is 5.32. The van der Waals surface area contributed by atoms with Crippen LogP contribution in [0, 0.1) is 13.8 Å². The Kier molecular flexibility index (Phi) is 6.69. The smallest absolute Gasteiger partial charge is 0.0174 e. The minimum Gasteiger partial charge on any atom is -0.375 e. The van der Waals surface area contributed by atoms with E-state index >= 15 is 0 Å². The molecule has 0 amide bonds. The molecule has 1 rings (SSSR count). The van der Waals surface area contributed by atoms with Crippen molar-refractivity contribution in [3.63, 3.8) is 0 Å². The predicted molar refractivity (Wildman–Crippen MR) is 85.5 cm³/mol. The van der Waals surface area contributed by atoms with Crippen molar-refractivity contribution in [2.24, 2.45) is 0 Å². The van der Waals surface area contributed by atoms with Gasteiger partial charge in [-0.25, -0.2) is 0 Å². The average molecular weight is 259 g/mol. The molecule has 1 nitrogen and oxygen atoms in total. The first kappa shape index (κ1) is 15.8. The van der Waals surface area contributed by atoms with E-state index in [9.17, 15) is 0 Å². The van der Waals surface area contributed by atoms with Crippen LogP contribution in [0.5, 0.6) is 0 Å². The Hall–Kier alpha value is -1.24. The summed E-state index contributed by atoms with van der Waals surface area (Å²) in [7, 11) is 0. The monoisotopic (exact) mass is 259 g/mol. The number of hydrogen-bond donors (Lipinski definition) is 0. The van der Waals surface area contributed by atoms with Crippen LogP contribution in [-0.2, 0) is 6.42 Å². The average Bonchev–Trinajstić information content (AvgIpc) is 2.37. The summed E-state index contributed by atoms with van der Waals surface area (Å²) >= 11 is 0. The minimum absolute atomic E-state index is 0.982. The molecule has 0 radical (unpaired) electrons. The van der Waals surface area contributed by atoms with Gasteiger partial charge in [-0.2, -0.15) is 0 Å². The molecule has 106 valence electrons. The summed E-state index contributed by atoms with van der Waals surface area (Å²) in [6, 6.07) is 6.71. The van der Waals surface area contributed by atoms with Crippen LogP contribution in [0.3, 0.4) is 0 Å². The second kappa shape index (κ2) is 8.04. The quantitative estimate of drug-likeness (QED) is 0.643. The van der Waals surface area contributed by atoms with Gasteiger partial charge in [0.15, 0.2) is 0 Å². The van der Waals surface area contributed by atoms with Crippen LogP contribution >= 0.6 is 0 Å². The zero-order valence-corrected chi connectivity index (χ0v) is 13.1. The summed E-state index contributed by atoms with van der Waals surface area (Å²) in [5.74, 6) is 0. The maximum absolute atomic E-state index is 4.31. The first-order valence-corrected chi connectivity index (χ1v) is 7.57. The standard InChI is InChI=1S/C18H29N/c1-6-8-12-19(11-7-2)17(5)14-18-10-9-15(3)13-16(18)4/h9-10,13H,5-8,11-12,14H2,1-4H3. The van der Waals surface area contributed by atoms with E-state index in [4.69, 9.17) is 0 Å². The molecule has 19 heavy (non-hydrogen) atoms. The van der Waals surface area contributed by atoms with Crippen molar-refractivity contribution in [1.82, 2.24) is 4.90 Å². The molecule has 0 aromatic heterocycles. The van der Waals surface area contributed by atoms with Crippen LogP contribution in [0.25, 0.3) is 0 Å². The van der Waals surface area contributed by atoms with E-state index in [1.165, 1.54) is 41.6 Å². The molecule has 0 fully saturated rings.